The van der Waals surface area contributed by atoms with Gasteiger partial charge in [-0.25, -0.2) is 9.67 Å². The highest BCUT2D eigenvalue weighted by Crippen LogP contribution is 2.28. The molecule has 88 valence electrons. The number of ketones is 1. The molecule has 17 heavy (non-hydrogen) atoms. The van der Waals surface area contributed by atoms with Gasteiger partial charge in [-0.15, -0.1) is 0 Å². The van der Waals surface area contributed by atoms with E-state index in [0.717, 1.165) is 15.6 Å². The van der Waals surface area contributed by atoms with Crippen LogP contribution in [0, 0.1) is 0 Å². The summed E-state index contributed by atoms with van der Waals surface area (Å²) in [6, 6.07) is 7.58. The second kappa shape index (κ2) is 5.14. The largest absolute Gasteiger partial charge is 0.294 e. The summed E-state index contributed by atoms with van der Waals surface area (Å²) in [5.74, 6) is 0.148. The van der Waals surface area contributed by atoms with Crippen molar-refractivity contribution < 1.29 is 4.79 Å². The first-order chi connectivity index (χ1) is 8.22. The molecule has 0 N–H and O–H groups in total. The van der Waals surface area contributed by atoms with E-state index in [1.807, 2.05) is 38.2 Å². The van der Waals surface area contributed by atoms with Crippen molar-refractivity contribution in [1.29, 1.82) is 0 Å². The van der Waals surface area contributed by atoms with Gasteiger partial charge in [0.1, 0.15) is 6.33 Å². The zero-order valence-electron chi connectivity index (χ0n) is 9.75. The van der Waals surface area contributed by atoms with E-state index < -0.39 is 0 Å². The number of Topliss-reactive ketones (excluding diaryl/α,β-unsaturated/α-hetero) is 1. The highest BCUT2D eigenvalue weighted by atomic mass is 32.2. The van der Waals surface area contributed by atoms with Crippen molar-refractivity contribution in [2.24, 2.45) is 7.05 Å². The summed E-state index contributed by atoms with van der Waals surface area (Å²) in [5.41, 5.74) is 0.753. The van der Waals surface area contributed by atoms with Gasteiger partial charge in [-0.1, -0.05) is 25.1 Å². The normalized spacial score (nSPS) is 10.5. The van der Waals surface area contributed by atoms with Gasteiger partial charge in [0.15, 0.2) is 10.9 Å². The molecule has 2 aromatic rings. The number of benzene rings is 1. The summed E-state index contributed by atoms with van der Waals surface area (Å²) >= 11 is 1.46. The van der Waals surface area contributed by atoms with Crippen LogP contribution in [0.5, 0.6) is 0 Å². The summed E-state index contributed by atoms with van der Waals surface area (Å²) in [5, 5.41) is 4.79. The average Bonchev–Trinajstić information content (AvgIpc) is 2.75. The molecule has 0 saturated heterocycles. The van der Waals surface area contributed by atoms with Crippen molar-refractivity contribution in [1.82, 2.24) is 14.8 Å². The molecule has 0 bridgehead atoms. The van der Waals surface area contributed by atoms with Crippen LogP contribution in [0.15, 0.2) is 40.6 Å². The van der Waals surface area contributed by atoms with Gasteiger partial charge >= 0.3 is 0 Å². The molecule has 0 fully saturated rings. The van der Waals surface area contributed by atoms with Gasteiger partial charge in [0.25, 0.3) is 0 Å². The fraction of sp³-hybridized carbons (Fsp3) is 0.250. The number of aryl methyl sites for hydroxylation is 1. The number of hydrogen-bond donors (Lipinski definition) is 0. The predicted octanol–water partition coefficient (Wildman–Crippen LogP) is 2.56. The minimum absolute atomic E-state index is 0.148. The Morgan fingerprint density at radius 1 is 1.41 bits per heavy atom. The fourth-order valence-corrected chi connectivity index (χ4v) is 2.37. The summed E-state index contributed by atoms with van der Waals surface area (Å²) < 4.78 is 1.69. The zero-order chi connectivity index (χ0) is 12.3. The van der Waals surface area contributed by atoms with Gasteiger partial charge < -0.3 is 0 Å². The molecule has 0 amide bonds. The lowest BCUT2D eigenvalue weighted by Crippen LogP contribution is -1.99. The lowest BCUT2D eigenvalue weighted by Gasteiger charge is -2.06. The van der Waals surface area contributed by atoms with Crippen LogP contribution in [0.4, 0.5) is 0 Å². The summed E-state index contributed by atoms with van der Waals surface area (Å²) in [6.07, 6.45) is 2.02. The van der Waals surface area contributed by atoms with Crippen LogP contribution in [0.25, 0.3) is 0 Å². The fourth-order valence-electron chi connectivity index (χ4n) is 1.45. The van der Waals surface area contributed by atoms with E-state index in [0.29, 0.717) is 6.42 Å². The highest BCUT2D eigenvalue weighted by Gasteiger charge is 2.12. The van der Waals surface area contributed by atoms with E-state index in [1.165, 1.54) is 18.1 Å². The van der Waals surface area contributed by atoms with Crippen LogP contribution >= 0.6 is 11.8 Å². The third-order valence-electron chi connectivity index (χ3n) is 2.38. The maximum atomic E-state index is 11.8. The third kappa shape index (κ3) is 2.55. The first-order valence-electron chi connectivity index (χ1n) is 5.36. The number of nitrogens with zero attached hydrogens (tertiary/aromatic N) is 3. The second-order valence-corrected chi connectivity index (χ2v) is 4.55. The lowest BCUT2D eigenvalue weighted by molar-refractivity contribution is 0.0985. The third-order valence-corrected chi connectivity index (χ3v) is 3.51. The summed E-state index contributed by atoms with van der Waals surface area (Å²) in [7, 11) is 1.83. The molecule has 0 saturated carbocycles. The van der Waals surface area contributed by atoms with Crippen LogP contribution in [-0.4, -0.2) is 20.5 Å². The molecule has 0 aliphatic heterocycles. The number of aromatic nitrogens is 3. The van der Waals surface area contributed by atoms with Crippen LogP contribution in [-0.2, 0) is 7.05 Å². The molecule has 0 spiro atoms. The standard InChI is InChI=1S/C12H13N3OS/c1-3-10(16)9-6-4-5-7-11(9)17-12-13-8-14-15(12)2/h4-8H,3H2,1-2H3. The second-order valence-electron chi connectivity index (χ2n) is 3.54. The van der Waals surface area contributed by atoms with Crippen LogP contribution in [0.3, 0.4) is 0 Å². The van der Waals surface area contributed by atoms with Crippen molar-refractivity contribution in [3.63, 3.8) is 0 Å². The Labute approximate surface area is 104 Å². The maximum absolute atomic E-state index is 11.8. The summed E-state index contributed by atoms with van der Waals surface area (Å²) in [6.45, 7) is 1.87. The van der Waals surface area contributed by atoms with Crippen molar-refractivity contribution >= 4 is 17.5 Å². The van der Waals surface area contributed by atoms with Gasteiger partial charge in [0.05, 0.1) is 0 Å². The van der Waals surface area contributed by atoms with Crippen molar-refractivity contribution in [2.45, 2.75) is 23.4 Å². The quantitative estimate of drug-likeness (QED) is 0.779. The Morgan fingerprint density at radius 2 is 2.18 bits per heavy atom. The van der Waals surface area contributed by atoms with Crippen LogP contribution in [0.2, 0.25) is 0 Å². The van der Waals surface area contributed by atoms with Gasteiger partial charge in [-0.2, -0.15) is 5.10 Å². The number of rotatable bonds is 4. The molecule has 0 unspecified atom stereocenters. The Bertz CT molecular complexity index is 536. The molecular formula is C12H13N3OS. The zero-order valence-corrected chi connectivity index (χ0v) is 10.6. The van der Waals surface area contributed by atoms with Gasteiger partial charge in [0, 0.05) is 23.9 Å². The van der Waals surface area contributed by atoms with E-state index in [4.69, 9.17) is 0 Å². The van der Waals surface area contributed by atoms with Crippen molar-refractivity contribution in [3.8, 4) is 0 Å². The van der Waals surface area contributed by atoms with E-state index in [9.17, 15) is 4.79 Å². The molecule has 4 nitrogen and oxygen atoms in total. The van der Waals surface area contributed by atoms with Gasteiger partial charge in [-0.3, -0.25) is 4.79 Å². The molecule has 0 radical (unpaired) electrons. The van der Waals surface area contributed by atoms with Gasteiger partial charge in [-0.05, 0) is 17.8 Å². The Kier molecular flexibility index (Phi) is 3.58. The molecule has 0 atom stereocenters. The molecule has 1 heterocycles. The molecule has 5 heteroatoms. The molecule has 0 aliphatic carbocycles. The van der Waals surface area contributed by atoms with E-state index in [2.05, 4.69) is 10.1 Å². The molecule has 1 aromatic carbocycles. The maximum Gasteiger partial charge on any atom is 0.190 e. The minimum atomic E-state index is 0.148. The van der Waals surface area contributed by atoms with Crippen LogP contribution < -0.4 is 0 Å². The average molecular weight is 247 g/mol. The smallest absolute Gasteiger partial charge is 0.190 e. The molecule has 1 aromatic heterocycles. The monoisotopic (exact) mass is 247 g/mol. The highest BCUT2D eigenvalue weighted by molar-refractivity contribution is 7.99. The number of hydrogen-bond acceptors (Lipinski definition) is 4. The Balaban J connectivity index is 2.33. The SMILES string of the molecule is CCC(=O)c1ccccc1Sc1ncnn1C. The molecule has 2 rings (SSSR count). The van der Waals surface area contributed by atoms with Crippen molar-refractivity contribution in [2.75, 3.05) is 0 Å². The van der Waals surface area contributed by atoms with Crippen molar-refractivity contribution in [3.05, 3.63) is 36.2 Å². The van der Waals surface area contributed by atoms with E-state index in [1.54, 1.807) is 4.68 Å². The minimum Gasteiger partial charge on any atom is -0.294 e. The Morgan fingerprint density at radius 3 is 2.82 bits per heavy atom. The number of carbonyl (C=O) groups is 1. The molecule has 0 aliphatic rings. The molecular weight excluding hydrogens is 234 g/mol. The topological polar surface area (TPSA) is 47.8 Å². The van der Waals surface area contributed by atoms with Crippen LogP contribution in [0.1, 0.15) is 23.7 Å². The van der Waals surface area contributed by atoms with E-state index in [-0.39, 0.29) is 5.78 Å². The first-order valence-corrected chi connectivity index (χ1v) is 6.18. The first kappa shape index (κ1) is 11.9. The van der Waals surface area contributed by atoms with Gasteiger partial charge in [0.2, 0.25) is 0 Å². The lowest BCUT2D eigenvalue weighted by atomic mass is 10.1. The van der Waals surface area contributed by atoms with E-state index >= 15 is 0 Å². The predicted molar refractivity (Wildman–Crippen MR) is 66.2 cm³/mol. The number of carbonyl (C=O) groups excluding carboxylic acids is 1. The Hall–Kier alpha value is -1.62. The summed E-state index contributed by atoms with van der Waals surface area (Å²) in [4.78, 5) is 16.9.